The van der Waals surface area contributed by atoms with Crippen LogP contribution < -0.4 is 17.0 Å². The molecule has 2 heterocycles. The molecular formula is C25H27N5O3S. The van der Waals surface area contributed by atoms with Crippen molar-refractivity contribution < 1.29 is 4.79 Å². The Morgan fingerprint density at radius 2 is 1.71 bits per heavy atom. The molecule has 9 heteroatoms. The topological polar surface area (TPSA) is 105 Å². The van der Waals surface area contributed by atoms with E-state index in [1.807, 2.05) is 54.6 Å². The van der Waals surface area contributed by atoms with Gasteiger partial charge in [0.2, 0.25) is 0 Å². The SMILES string of the molecule is CC(C)Cn1c(SCC(=O)c2c(N)n(Cc3ccccc3)c(=O)n(C)c2=O)nc2ccccc21. The van der Waals surface area contributed by atoms with Crippen LogP contribution in [0.15, 0.2) is 69.3 Å². The second-order valence-corrected chi connectivity index (χ2v) is 9.52. The molecule has 0 saturated heterocycles. The van der Waals surface area contributed by atoms with Crippen LogP contribution in [-0.2, 0) is 20.1 Å². The number of carbonyl (C=O) groups is 1. The molecule has 0 atom stereocenters. The smallest absolute Gasteiger partial charge is 0.332 e. The van der Waals surface area contributed by atoms with Crippen molar-refractivity contribution in [2.45, 2.75) is 32.1 Å². The van der Waals surface area contributed by atoms with Gasteiger partial charge in [-0.15, -0.1) is 0 Å². The van der Waals surface area contributed by atoms with Crippen LogP contribution in [0.2, 0.25) is 0 Å². The maximum atomic E-state index is 13.2. The minimum atomic E-state index is -0.687. The number of nitrogen functional groups attached to an aromatic ring is 1. The van der Waals surface area contributed by atoms with Crippen LogP contribution in [0.3, 0.4) is 0 Å². The van der Waals surface area contributed by atoms with E-state index >= 15 is 0 Å². The van der Waals surface area contributed by atoms with Gasteiger partial charge in [0.15, 0.2) is 10.9 Å². The molecule has 0 aliphatic heterocycles. The lowest BCUT2D eigenvalue weighted by molar-refractivity contribution is 0.102. The first-order chi connectivity index (χ1) is 16.3. The van der Waals surface area contributed by atoms with Gasteiger partial charge in [-0.25, -0.2) is 9.78 Å². The highest BCUT2D eigenvalue weighted by Gasteiger charge is 2.23. The van der Waals surface area contributed by atoms with Gasteiger partial charge in [0.25, 0.3) is 5.56 Å². The first-order valence-electron chi connectivity index (χ1n) is 11.0. The monoisotopic (exact) mass is 477 g/mol. The first kappa shape index (κ1) is 23.6. The summed E-state index contributed by atoms with van der Waals surface area (Å²) in [5.41, 5.74) is 7.50. The molecule has 0 fully saturated rings. The lowest BCUT2D eigenvalue weighted by Gasteiger charge is -2.15. The summed E-state index contributed by atoms with van der Waals surface area (Å²) in [6, 6.07) is 17.1. The van der Waals surface area contributed by atoms with Crippen LogP contribution in [0, 0.1) is 5.92 Å². The quantitative estimate of drug-likeness (QED) is 0.309. The summed E-state index contributed by atoms with van der Waals surface area (Å²) in [5, 5.41) is 0.705. The van der Waals surface area contributed by atoms with Crippen molar-refractivity contribution in [3.8, 4) is 0 Å². The van der Waals surface area contributed by atoms with E-state index in [4.69, 9.17) is 5.73 Å². The standard InChI is InChI=1S/C25H27N5O3S/c1-16(2)13-29-19-12-8-7-11-18(19)27-24(29)34-15-20(31)21-22(26)30(25(33)28(3)23(21)32)14-17-9-5-4-6-10-17/h4-12,16H,13-15,26H2,1-3H3. The number of thioether (sulfide) groups is 1. The van der Waals surface area contributed by atoms with Crippen molar-refractivity contribution in [1.29, 1.82) is 0 Å². The van der Waals surface area contributed by atoms with E-state index in [0.717, 1.165) is 27.7 Å². The zero-order valence-corrected chi connectivity index (χ0v) is 20.2. The van der Waals surface area contributed by atoms with Crippen molar-refractivity contribution >= 4 is 34.4 Å². The van der Waals surface area contributed by atoms with E-state index in [-0.39, 0.29) is 23.7 Å². The normalized spacial score (nSPS) is 11.4. The number of Topliss-reactive ketones (excluding diaryl/α,β-unsaturated/α-hetero) is 1. The molecule has 2 N–H and O–H groups in total. The maximum absolute atomic E-state index is 13.2. The molecule has 0 unspecified atom stereocenters. The second-order valence-electron chi connectivity index (χ2n) is 8.58. The molecule has 2 aromatic carbocycles. The molecule has 0 radical (unpaired) electrons. The molecule has 0 spiro atoms. The number of carbonyl (C=O) groups excluding carboxylic acids is 1. The summed E-state index contributed by atoms with van der Waals surface area (Å²) in [5.74, 6) is -0.187. The molecule has 8 nitrogen and oxygen atoms in total. The summed E-state index contributed by atoms with van der Waals surface area (Å²) in [6.45, 7) is 5.16. The summed E-state index contributed by atoms with van der Waals surface area (Å²) >= 11 is 1.27. The van der Waals surface area contributed by atoms with Crippen LogP contribution in [-0.4, -0.2) is 30.2 Å². The molecule has 176 valence electrons. The Hall–Kier alpha value is -3.59. The molecule has 0 amide bonds. The van der Waals surface area contributed by atoms with Gasteiger partial charge in [-0.3, -0.25) is 18.7 Å². The van der Waals surface area contributed by atoms with E-state index in [1.54, 1.807) is 0 Å². The third kappa shape index (κ3) is 4.56. The number of ketones is 1. The van der Waals surface area contributed by atoms with Crippen molar-refractivity contribution in [3.63, 3.8) is 0 Å². The third-order valence-electron chi connectivity index (χ3n) is 5.55. The van der Waals surface area contributed by atoms with Gasteiger partial charge in [0.1, 0.15) is 11.4 Å². The van der Waals surface area contributed by atoms with E-state index in [1.165, 1.54) is 23.4 Å². The van der Waals surface area contributed by atoms with Crippen molar-refractivity contribution in [2.75, 3.05) is 11.5 Å². The zero-order valence-electron chi connectivity index (χ0n) is 19.4. The summed E-state index contributed by atoms with van der Waals surface area (Å²) in [6.07, 6.45) is 0. The Bertz CT molecular complexity index is 1470. The van der Waals surface area contributed by atoms with Gasteiger partial charge >= 0.3 is 5.69 Å². The lowest BCUT2D eigenvalue weighted by atomic mass is 10.2. The average molecular weight is 478 g/mol. The van der Waals surface area contributed by atoms with E-state index in [9.17, 15) is 14.4 Å². The van der Waals surface area contributed by atoms with Crippen LogP contribution in [0.1, 0.15) is 29.8 Å². The molecule has 4 rings (SSSR count). The van der Waals surface area contributed by atoms with Crippen molar-refractivity contribution in [2.24, 2.45) is 13.0 Å². The molecule has 34 heavy (non-hydrogen) atoms. The predicted octanol–water partition coefficient (Wildman–Crippen LogP) is 3.16. The fraction of sp³-hybridized carbons (Fsp3) is 0.280. The second kappa shape index (κ2) is 9.72. The summed E-state index contributed by atoms with van der Waals surface area (Å²) < 4.78 is 4.30. The van der Waals surface area contributed by atoms with Crippen molar-refractivity contribution in [1.82, 2.24) is 18.7 Å². The molecule has 0 aliphatic carbocycles. The van der Waals surface area contributed by atoms with Gasteiger partial charge < -0.3 is 10.3 Å². The van der Waals surface area contributed by atoms with Gasteiger partial charge in [-0.2, -0.15) is 0 Å². The third-order valence-corrected chi connectivity index (χ3v) is 6.52. The van der Waals surface area contributed by atoms with Gasteiger partial charge in [0, 0.05) is 13.6 Å². The Morgan fingerprint density at radius 3 is 2.41 bits per heavy atom. The molecule has 0 bridgehead atoms. The van der Waals surface area contributed by atoms with Gasteiger partial charge in [0.05, 0.1) is 23.3 Å². The minimum Gasteiger partial charge on any atom is -0.384 e. The number of nitrogens with two attached hydrogens (primary N) is 1. The number of anilines is 1. The van der Waals surface area contributed by atoms with Gasteiger partial charge in [-0.05, 0) is 23.6 Å². The van der Waals surface area contributed by atoms with E-state index in [0.29, 0.717) is 11.1 Å². The molecular weight excluding hydrogens is 450 g/mol. The number of hydrogen-bond acceptors (Lipinski definition) is 6. The Kier molecular flexibility index (Phi) is 6.74. The minimum absolute atomic E-state index is 0.0234. The van der Waals surface area contributed by atoms with E-state index in [2.05, 4.69) is 23.4 Å². The largest absolute Gasteiger partial charge is 0.384 e. The number of hydrogen-bond donors (Lipinski definition) is 1. The highest BCUT2D eigenvalue weighted by Crippen LogP contribution is 2.26. The van der Waals surface area contributed by atoms with E-state index < -0.39 is 17.0 Å². The maximum Gasteiger partial charge on any atom is 0.332 e. The number of rotatable bonds is 8. The van der Waals surface area contributed by atoms with Gasteiger partial charge in [-0.1, -0.05) is 68.1 Å². The molecule has 2 aromatic heterocycles. The number of nitrogens with zero attached hydrogens (tertiary/aromatic N) is 4. The predicted molar refractivity (Wildman–Crippen MR) is 136 cm³/mol. The van der Waals surface area contributed by atoms with Crippen LogP contribution in [0.4, 0.5) is 5.82 Å². The highest BCUT2D eigenvalue weighted by molar-refractivity contribution is 7.99. The fourth-order valence-electron chi connectivity index (χ4n) is 3.87. The zero-order chi connectivity index (χ0) is 24.4. The summed E-state index contributed by atoms with van der Waals surface area (Å²) in [4.78, 5) is 43.5. The fourth-order valence-corrected chi connectivity index (χ4v) is 4.77. The highest BCUT2D eigenvalue weighted by atomic mass is 32.2. The van der Waals surface area contributed by atoms with Crippen LogP contribution >= 0.6 is 11.8 Å². The number of aromatic nitrogens is 4. The van der Waals surface area contributed by atoms with Crippen LogP contribution in [0.5, 0.6) is 0 Å². The Morgan fingerprint density at radius 1 is 1.03 bits per heavy atom. The first-order valence-corrected chi connectivity index (χ1v) is 12.0. The molecule has 0 saturated carbocycles. The number of benzene rings is 2. The number of para-hydroxylation sites is 2. The average Bonchev–Trinajstić information content (AvgIpc) is 3.16. The number of imidazole rings is 1. The van der Waals surface area contributed by atoms with Crippen LogP contribution in [0.25, 0.3) is 11.0 Å². The lowest BCUT2D eigenvalue weighted by Crippen LogP contribution is -2.43. The molecule has 0 aliphatic rings. The Balaban J connectivity index is 1.67. The molecule has 4 aromatic rings. The number of fused-ring (bicyclic) bond motifs is 1. The summed E-state index contributed by atoms with van der Waals surface area (Å²) in [7, 11) is 1.36. The van der Waals surface area contributed by atoms with Crippen molar-refractivity contribution in [3.05, 3.63) is 86.6 Å². The Labute approximate surface area is 201 Å².